The normalized spacial score (nSPS) is 13.6. The van der Waals surface area contributed by atoms with Gasteiger partial charge in [-0.1, -0.05) is 0 Å². The highest BCUT2D eigenvalue weighted by Gasteiger charge is 2.08. The molecule has 0 unspecified atom stereocenters. The van der Waals surface area contributed by atoms with E-state index in [1.54, 1.807) is 0 Å². The molecule has 1 aromatic rings. The molecule has 11 heavy (non-hydrogen) atoms. The van der Waals surface area contributed by atoms with Gasteiger partial charge < -0.3 is 0 Å². The van der Waals surface area contributed by atoms with Crippen LogP contribution in [0.15, 0.2) is 21.6 Å². The predicted octanol–water partition coefficient (Wildman–Crippen LogP) is 2.99. The smallest absolute Gasteiger partial charge is 0.0646 e. The van der Waals surface area contributed by atoms with Crippen LogP contribution in [0.3, 0.4) is 0 Å². The maximum Gasteiger partial charge on any atom is 0.0646 e. The summed E-state index contributed by atoms with van der Waals surface area (Å²) in [6, 6.07) is 4.29. The van der Waals surface area contributed by atoms with E-state index in [2.05, 4.69) is 55.6 Å². The minimum absolute atomic E-state index is 0.846. The quantitative estimate of drug-likeness (QED) is 0.651. The zero-order chi connectivity index (χ0) is 7.84. The van der Waals surface area contributed by atoms with E-state index in [1.807, 2.05) is 6.21 Å². The second kappa shape index (κ2) is 2.86. The van der Waals surface area contributed by atoms with Crippen LogP contribution in [-0.4, -0.2) is 6.21 Å². The van der Waals surface area contributed by atoms with E-state index in [4.69, 9.17) is 0 Å². The Bertz CT molecular complexity index is 333. The van der Waals surface area contributed by atoms with Gasteiger partial charge in [0.05, 0.1) is 6.54 Å². The van der Waals surface area contributed by atoms with Crippen molar-refractivity contribution >= 4 is 44.7 Å². The van der Waals surface area contributed by atoms with Crippen LogP contribution in [0.1, 0.15) is 11.1 Å². The third-order valence-corrected chi connectivity index (χ3v) is 3.96. The van der Waals surface area contributed by atoms with Gasteiger partial charge in [-0.15, -0.1) is 0 Å². The van der Waals surface area contributed by atoms with E-state index < -0.39 is 0 Å². The largest absolute Gasteiger partial charge is 0.288 e. The monoisotopic (exact) mass is 321 g/mol. The number of hydrogen-bond acceptors (Lipinski definition) is 1. The topological polar surface area (TPSA) is 12.4 Å². The molecule has 0 radical (unpaired) electrons. The van der Waals surface area contributed by atoms with Gasteiger partial charge in [-0.2, -0.15) is 0 Å². The molecule has 0 saturated heterocycles. The molecule has 0 amide bonds. The van der Waals surface area contributed by atoms with Crippen molar-refractivity contribution in [3.63, 3.8) is 0 Å². The van der Waals surface area contributed by atoms with Gasteiger partial charge in [0.2, 0.25) is 0 Å². The number of hydrogen-bond donors (Lipinski definition) is 0. The summed E-state index contributed by atoms with van der Waals surface area (Å²) >= 11 is 5.79. The average Bonchev–Trinajstić information content (AvgIpc) is 2.36. The first-order valence-corrected chi connectivity index (χ1v) is 5.12. The summed E-state index contributed by atoms with van der Waals surface area (Å²) in [6.07, 6.45) is 1.93. The summed E-state index contributed by atoms with van der Waals surface area (Å²) in [5.74, 6) is 0. The summed E-state index contributed by atoms with van der Waals surface area (Å²) < 4.78 is 2.41. The van der Waals surface area contributed by atoms with Gasteiger partial charge in [-0.05, 0) is 61.8 Å². The molecular weight excluding hydrogens is 317 g/mol. The van der Waals surface area contributed by atoms with Crippen molar-refractivity contribution in [1.82, 2.24) is 0 Å². The maximum atomic E-state index is 4.18. The maximum absolute atomic E-state index is 4.18. The number of fused-ring (bicyclic) bond motifs is 1. The van der Waals surface area contributed by atoms with Crippen LogP contribution >= 0.6 is 38.5 Å². The van der Waals surface area contributed by atoms with Crippen molar-refractivity contribution in [2.45, 2.75) is 6.54 Å². The molecular formula is C8H5BrIN. The molecule has 0 N–H and O–H groups in total. The molecule has 0 aromatic heterocycles. The highest BCUT2D eigenvalue weighted by molar-refractivity contribution is 14.1. The summed E-state index contributed by atoms with van der Waals surface area (Å²) in [6.45, 7) is 0.846. The lowest BCUT2D eigenvalue weighted by molar-refractivity contribution is 1.11. The van der Waals surface area contributed by atoms with Crippen LogP contribution in [0.4, 0.5) is 0 Å². The molecule has 56 valence electrons. The van der Waals surface area contributed by atoms with Gasteiger partial charge in [0, 0.05) is 14.3 Å². The van der Waals surface area contributed by atoms with Crippen LogP contribution in [0.2, 0.25) is 0 Å². The van der Waals surface area contributed by atoms with Crippen LogP contribution in [0.5, 0.6) is 0 Å². The van der Waals surface area contributed by atoms with Crippen molar-refractivity contribution in [2.75, 3.05) is 0 Å². The lowest BCUT2D eigenvalue weighted by Crippen LogP contribution is -1.86. The number of aliphatic imine (C=N–C) groups is 1. The third kappa shape index (κ3) is 1.36. The molecule has 3 heteroatoms. The Morgan fingerprint density at radius 2 is 2.27 bits per heavy atom. The van der Waals surface area contributed by atoms with E-state index in [9.17, 15) is 0 Å². The van der Waals surface area contributed by atoms with Gasteiger partial charge >= 0.3 is 0 Å². The summed E-state index contributed by atoms with van der Waals surface area (Å²) in [7, 11) is 0. The van der Waals surface area contributed by atoms with Crippen LogP contribution in [0.25, 0.3) is 0 Å². The fourth-order valence-electron chi connectivity index (χ4n) is 1.10. The Balaban J connectivity index is 2.63. The molecule has 0 saturated carbocycles. The van der Waals surface area contributed by atoms with Crippen molar-refractivity contribution in [1.29, 1.82) is 0 Å². The molecule has 1 aliphatic rings. The standard InChI is InChI=1S/C8H5BrIN/c9-7-1-5-3-11-4-6(5)2-8(7)10/h1-3H,4H2. The van der Waals surface area contributed by atoms with Gasteiger partial charge in [0.1, 0.15) is 0 Å². The van der Waals surface area contributed by atoms with Crippen molar-refractivity contribution < 1.29 is 0 Å². The first kappa shape index (κ1) is 7.73. The minimum atomic E-state index is 0.846. The second-order valence-corrected chi connectivity index (χ2v) is 4.45. The lowest BCUT2D eigenvalue weighted by Gasteiger charge is -1.99. The van der Waals surface area contributed by atoms with Gasteiger partial charge in [-0.25, -0.2) is 0 Å². The second-order valence-electron chi connectivity index (χ2n) is 2.43. The SMILES string of the molecule is Brc1cc2c(cc1I)CN=C2. The molecule has 0 atom stereocenters. The third-order valence-electron chi connectivity index (χ3n) is 1.67. The van der Waals surface area contributed by atoms with Crippen LogP contribution in [0, 0.1) is 3.57 Å². The Morgan fingerprint density at radius 1 is 1.45 bits per heavy atom. The summed E-state index contributed by atoms with van der Waals surface area (Å²) in [5, 5.41) is 0. The van der Waals surface area contributed by atoms with E-state index >= 15 is 0 Å². The number of nitrogens with zero attached hydrogens (tertiary/aromatic N) is 1. The predicted molar refractivity (Wildman–Crippen MR) is 58.2 cm³/mol. The summed E-state index contributed by atoms with van der Waals surface area (Å²) in [5.41, 5.74) is 2.58. The van der Waals surface area contributed by atoms with Gasteiger partial charge in [-0.3, -0.25) is 4.99 Å². The van der Waals surface area contributed by atoms with Crippen molar-refractivity contribution in [2.24, 2.45) is 4.99 Å². The number of halogens is 2. The molecule has 0 spiro atoms. The van der Waals surface area contributed by atoms with Crippen LogP contribution < -0.4 is 0 Å². The fraction of sp³-hybridized carbons (Fsp3) is 0.125. The molecule has 2 rings (SSSR count). The molecule has 1 aliphatic heterocycles. The zero-order valence-electron chi connectivity index (χ0n) is 5.64. The molecule has 0 bridgehead atoms. The van der Waals surface area contributed by atoms with Crippen LogP contribution in [-0.2, 0) is 6.54 Å². The molecule has 1 nitrogen and oxygen atoms in total. The first-order valence-electron chi connectivity index (χ1n) is 3.25. The van der Waals surface area contributed by atoms with Crippen molar-refractivity contribution in [3.8, 4) is 0 Å². The van der Waals surface area contributed by atoms with Gasteiger partial charge in [0.25, 0.3) is 0 Å². The van der Waals surface area contributed by atoms with E-state index in [0.29, 0.717) is 0 Å². The molecule has 0 aliphatic carbocycles. The fourth-order valence-corrected chi connectivity index (χ4v) is 2.00. The van der Waals surface area contributed by atoms with E-state index in [1.165, 1.54) is 14.7 Å². The molecule has 1 aromatic carbocycles. The highest BCUT2D eigenvalue weighted by Crippen LogP contribution is 2.25. The minimum Gasteiger partial charge on any atom is -0.288 e. The van der Waals surface area contributed by atoms with E-state index in [0.717, 1.165) is 11.0 Å². The average molecular weight is 322 g/mol. The number of benzene rings is 1. The van der Waals surface area contributed by atoms with Crippen molar-refractivity contribution in [3.05, 3.63) is 31.3 Å². The summed E-state index contributed by atoms with van der Waals surface area (Å²) in [4.78, 5) is 4.18. The lowest BCUT2D eigenvalue weighted by atomic mass is 10.1. The van der Waals surface area contributed by atoms with Gasteiger partial charge in [0.15, 0.2) is 0 Å². The molecule has 0 fully saturated rings. The first-order chi connectivity index (χ1) is 5.27. The Hall–Kier alpha value is 0.1000. The zero-order valence-corrected chi connectivity index (χ0v) is 9.39. The molecule has 1 heterocycles. The van der Waals surface area contributed by atoms with E-state index in [-0.39, 0.29) is 0 Å². The Morgan fingerprint density at radius 3 is 3.09 bits per heavy atom. The Labute approximate surface area is 87.2 Å². The highest BCUT2D eigenvalue weighted by atomic mass is 127. The number of rotatable bonds is 0. The Kier molecular flexibility index (Phi) is 2.01.